The normalized spacial score (nSPS) is 23.3. The summed E-state index contributed by atoms with van der Waals surface area (Å²) in [6.07, 6.45) is 1.93. The second kappa shape index (κ2) is 4.37. The van der Waals surface area contributed by atoms with Crippen molar-refractivity contribution in [2.24, 2.45) is 0 Å². The molecule has 98 valence electrons. The molecule has 18 heavy (non-hydrogen) atoms. The van der Waals surface area contributed by atoms with Crippen LogP contribution >= 0.6 is 0 Å². The van der Waals surface area contributed by atoms with Gasteiger partial charge in [0.05, 0.1) is 23.0 Å². The molecule has 1 aliphatic heterocycles. The van der Waals surface area contributed by atoms with E-state index in [-0.39, 0.29) is 24.8 Å². The van der Waals surface area contributed by atoms with Gasteiger partial charge in [-0.15, -0.1) is 0 Å². The van der Waals surface area contributed by atoms with E-state index in [1.54, 1.807) is 6.92 Å². The molecule has 1 aromatic heterocycles. The lowest BCUT2D eigenvalue weighted by atomic mass is 10.1. The molecule has 0 aliphatic carbocycles. The Morgan fingerprint density at radius 2 is 2.44 bits per heavy atom. The molecule has 8 heteroatoms. The summed E-state index contributed by atoms with van der Waals surface area (Å²) >= 11 is 0. The summed E-state index contributed by atoms with van der Waals surface area (Å²) in [5.41, 5.74) is -0.841. The smallest absolute Gasteiger partial charge is 0.388 e. The first-order valence-corrected chi connectivity index (χ1v) is 5.55. The van der Waals surface area contributed by atoms with E-state index in [4.69, 9.17) is 0 Å². The zero-order valence-electron chi connectivity index (χ0n) is 9.94. The predicted molar refractivity (Wildman–Crippen MR) is 60.7 cm³/mol. The van der Waals surface area contributed by atoms with Crippen LogP contribution in [0, 0.1) is 10.1 Å². The molecule has 0 aromatic carbocycles. The van der Waals surface area contributed by atoms with Crippen LogP contribution in [0.3, 0.4) is 0 Å². The van der Waals surface area contributed by atoms with Crippen molar-refractivity contribution in [2.45, 2.75) is 25.5 Å². The third-order valence-corrected chi connectivity index (χ3v) is 2.92. The second-order valence-electron chi connectivity index (χ2n) is 4.69. The third-order valence-electron chi connectivity index (χ3n) is 2.92. The molecule has 2 heterocycles. The molecular formula is C10H14N4O4. The highest BCUT2D eigenvalue weighted by Gasteiger charge is 2.34. The fraction of sp³-hybridized carbons (Fsp3) is 0.600. The van der Waals surface area contributed by atoms with Gasteiger partial charge < -0.3 is 20.1 Å². The molecule has 2 rings (SSSR count). The quantitative estimate of drug-likeness (QED) is 0.593. The minimum atomic E-state index is -0.841. The van der Waals surface area contributed by atoms with Crippen molar-refractivity contribution in [1.82, 2.24) is 14.7 Å². The first-order valence-electron chi connectivity index (χ1n) is 5.55. The first kappa shape index (κ1) is 12.5. The molecular weight excluding hydrogens is 240 g/mol. The summed E-state index contributed by atoms with van der Waals surface area (Å²) in [4.78, 5) is 23.2. The van der Waals surface area contributed by atoms with E-state index in [1.807, 2.05) is 0 Å². The van der Waals surface area contributed by atoms with Crippen molar-refractivity contribution in [2.75, 3.05) is 13.1 Å². The number of carbonyl (C=O) groups is 1. The molecule has 1 fully saturated rings. The van der Waals surface area contributed by atoms with Gasteiger partial charge >= 0.3 is 5.82 Å². The Hall–Kier alpha value is -1.96. The van der Waals surface area contributed by atoms with Crippen molar-refractivity contribution >= 4 is 11.7 Å². The Balaban J connectivity index is 1.97. The highest BCUT2D eigenvalue weighted by atomic mass is 16.6. The van der Waals surface area contributed by atoms with Gasteiger partial charge in [-0.25, -0.2) is 0 Å². The van der Waals surface area contributed by atoms with E-state index in [1.165, 1.54) is 21.8 Å². The van der Waals surface area contributed by atoms with Crippen LogP contribution in [-0.2, 0) is 11.3 Å². The first-order chi connectivity index (χ1) is 8.37. The fourth-order valence-corrected chi connectivity index (χ4v) is 1.93. The van der Waals surface area contributed by atoms with Crippen LogP contribution in [0.15, 0.2) is 12.3 Å². The topological polar surface area (TPSA) is 102 Å². The molecule has 1 saturated heterocycles. The summed E-state index contributed by atoms with van der Waals surface area (Å²) < 4.78 is 1.23. The minimum Gasteiger partial charge on any atom is -0.388 e. The number of β-amino-alcohol motifs (C(OH)–C–C–N with tert-alkyl or cyclic N) is 1. The lowest BCUT2D eigenvalue weighted by Gasteiger charge is -2.18. The average molecular weight is 254 g/mol. The third kappa shape index (κ3) is 2.65. The van der Waals surface area contributed by atoms with Gasteiger partial charge in [0, 0.05) is 13.1 Å². The van der Waals surface area contributed by atoms with Crippen molar-refractivity contribution in [3.05, 3.63) is 22.4 Å². The van der Waals surface area contributed by atoms with E-state index in [2.05, 4.69) is 5.10 Å². The van der Waals surface area contributed by atoms with Crippen LogP contribution in [0.2, 0.25) is 0 Å². The molecule has 1 amide bonds. The van der Waals surface area contributed by atoms with Crippen molar-refractivity contribution in [3.8, 4) is 0 Å². The number of nitro groups is 1. The highest BCUT2D eigenvalue weighted by Crippen LogP contribution is 2.20. The molecule has 0 saturated carbocycles. The number of carbonyl (C=O) groups excluding carboxylic acids is 1. The van der Waals surface area contributed by atoms with Gasteiger partial charge in [-0.3, -0.25) is 4.79 Å². The number of likely N-dealkylation sites (tertiary alicyclic amines) is 1. The zero-order valence-corrected chi connectivity index (χ0v) is 9.94. The van der Waals surface area contributed by atoms with Crippen LogP contribution in [-0.4, -0.2) is 49.3 Å². The van der Waals surface area contributed by atoms with Crippen LogP contribution in [0.1, 0.15) is 13.3 Å². The van der Waals surface area contributed by atoms with Crippen LogP contribution in [0.5, 0.6) is 0 Å². The van der Waals surface area contributed by atoms with E-state index in [0.717, 1.165) is 0 Å². The summed E-state index contributed by atoms with van der Waals surface area (Å²) in [5.74, 6) is -0.484. The molecule has 0 radical (unpaired) electrons. The van der Waals surface area contributed by atoms with Gasteiger partial charge in [-0.05, 0) is 18.3 Å². The van der Waals surface area contributed by atoms with Crippen molar-refractivity contribution in [1.29, 1.82) is 0 Å². The maximum absolute atomic E-state index is 11.9. The molecule has 8 nitrogen and oxygen atoms in total. The molecule has 1 atom stereocenters. The zero-order chi connectivity index (χ0) is 13.3. The number of amides is 1. The van der Waals surface area contributed by atoms with Gasteiger partial charge in [0.2, 0.25) is 5.91 Å². The van der Waals surface area contributed by atoms with Crippen molar-refractivity contribution in [3.63, 3.8) is 0 Å². The Morgan fingerprint density at radius 1 is 1.72 bits per heavy atom. The fourth-order valence-electron chi connectivity index (χ4n) is 1.93. The van der Waals surface area contributed by atoms with E-state index >= 15 is 0 Å². The second-order valence-corrected chi connectivity index (χ2v) is 4.69. The van der Waals surface area contributed by atoms with Gasteiger partial charge in [0.25, 0.3) is 0 Å². The minimum absolute atomic E-state index is 0.0517. The van der Waals surface area contributed by atoms with Crippen LogP contribution in [0.25, 0.3) is 0 Å². The summed E-state index contributed by atoms with van der Waals surface area (Å²) in [7, 11) is 0. The monoisotopic (exact) mass is 254 g/mol. The molecule has 1 N–H and O–H groups in total. The predicted octanol–water partition coefficient (Wildman–Crippen LogP) is -0.225. The molecule has 1 aromatic rings. The number of nitrogens with zero attached hydrogens (tertiary/aromatic N) is 4. The number of aliphatic hydroxyl groups is 1. The lowest BCUT2D eigenvalue weighted by Crippen LogP contribution is -2.35. The van der Waals surface area contributed by atoms with Gasteiger partial charge in [0.15, 0.2) is 0 Å². The number of hydrogen-bond acceptors (Lipinski definition) is 5. The van der Waals surface area contributed by atoms with E-state index in [9.17, 15) is 20.0 Å². The van der Waals surface area contributed by atoms with E-state index < -0.39 is 10.5 Å². The number of aromatic nitrogens is 2. The molecule has 1 unspecified atom stereocenters. The SMILES string of the molecule is CC1(O)CCN(C(=O)Cn2ccc([N+](=O)[O-])n2)C1. The van der Waals surface area contributed by atoms with Crippen molar-refractivity contribution < 1.29 is 14.8 Å². The molecule has 0 spiro atoms. The Labute approximate surface area is 103 Å². The maximum atomic E-state index is 11.9. The summed E-state index contributed by atoms with van der Waals surface area (Å²) in [5, 5.41) is 23.9. The van der Waals surface area contributed by atoms with Gasteiger partial charge in [0.1, 0.15) is 6.54 Å². The summed E-state index contributed by atoms with van der Waals surface area (Å²) in [6.45, 7) is 2.41. The largest absolute Gasteiger partial charge is 0.389 e. The van der Waals surface area contributed by atoms with Gasteiger partial charge in [-0.2, -0.15) is 4.68 Å². The number of rotatable bonds is 3. The lowest BCUT2D eigenvalue weighted by molar-refractivity contribution is -0.389. The Bertz CT molecular complexity index is 482. The average Bonchev–Trinajstić information content (AvgIpc) is 2.84. The van der Waals surface area contributed by atoms with Crippen LogP contribution < -0.4 is 0 Å². The standard InChI is InChI=1S/C10H14N4O4/c1-10(16)3-5-12(7-10)9(15)6-13-4-2-8(11-13)14(17)18/h2,4,16H,3,5-7H2,1H3. The number of hydrogen-bond donors (Lipinski definition) is 1. The Morgan fingerprint density at radius 3 is 2.94 bits per heavy atom. The van der Waals surface area contributed by atoms with E-state index in [0.29, 0.717) is 13.0 Å². The van der Waals surface area contributed by atoms with Crippen LogP contribution in [0.4, 0.5) is 5.82 Å². The molecule has 1 aliphatic rings. The maximum Gasteiger partial charge on any atom is 0.389 e. The van der Waals surface area contributed by atoms with Gasteiger partial charge in [-0.1, -0.05) is 0 Å². The Kier molecular flexibility index (Phi) is 3.04. The molecule has 0 bridgehead atoms. The summed E-state index contributed by atoms with van der Waals surface area (Å²) in [6, 6.07) is 1.24. The highest BCUT2D eigenvalue weighted by molar-refractivity contribution is 5.76.